The number of aromatic nitrogens is 5. The van der Waals surface area contributed by atoms with Crippen molar-refractivity contribution in [2.75, 3.05) is 0 Å². The van der Waals surface area contributed by atoms with Crippen LogP contribution in [0.25, 0.3) is 139 Å². The van der Waals surface area contributed by atoms with Crippen molar-refractivity contribution in [3.8, 4) is 97.5 Å². The van der Waals surface area contributed by atoms with Crippen molar-refractivity contribution in [3.63, 3.8) is 0 Å². The van der Waals surface area contributed by atoms with Crippen LogP contribution in [-0.2, 0) is 0 Å². The van der Waals surface area contributed by atoms with Gasteiger partial charge in [0.15, 0.2) is 5.82 Å². The monoisotopic (exact) mass is 1060 g/mol. The van der Waals surface area contributed by atoms with Gasteiger partial charge in [-0.3, -0.25) is 0 Å². The van der Waals surface area contributed by atoms with E-state index in [4.69, 9.17) is 9.97 Å². The van der Waals surface area contributed by atoms with Gasteiger partial charge in [-0.2, -0.15) is 21.0 Å². The van der Waals surface area contributed by atoms with Gasteiger partial charge in [0.2, 0.25) is 0 Å². The Morgan fingerprint density at radius 1 is 0.265 bits per heavy atom. The van der Waals surface area contributed by atoms with Crippen LogP contribution in [0.15, 0.2) is 249 Å². The molecular formula is C74H41N9. The zero-order valence-electron chi connectivity index (χ0n) is 44.2. The topological polar surface area (TPSA) is 136 Å². The van der Waals surface area contributed by atoms with E-state index in [0.717, 1.165) is 72.1 Å². The molecule has 0 aliphatic heterocycles. The van der Waals surface area contributed by atoms with Crippen LogP contribution in [0.3, 0.4) is 0 Å². The Labute approximate surface area is 476 Å². The van der Waals surface area contributed by atoms with Gasteiger partial charge in [0.25, 0.3) is 0 Å². The zero-order chi connectivity index (χ0) is 55.7. The van der Waals surface area contributed by atoms with Crippen LogP contribution in [0.4, 0.5) is 0 Å². The van der Waals surface area contributed by atoms with Gasteiger partial charge >= 0.3 is 0 Å². The lowest BCUT2D eigenvalue weighted by Crippen LogP contribution is -1.99. The number of rotatable bonds is 8. The number of nitrogens with zero attached hydrogens (tertiary/aromatic N) is 9. The Morgan fingerprint density at radius 2 is 0.627 bits per heavy atom. The molecule has 9 nitrogen and oxygen atoms in total. The van der Waals surface area contributed by atoms with E-state index in [-0.39, 0.29) is 5.82 Å². The number of nitriles is 4. The highest BCUT2D eigenvalue weighted by molar-refractivity contribution is 6.14. The summed E-state index contributed by atoms with van der Waals surface area (Å²) in [6.07, 6.45) is 0. The molecule has 0 spiro atoms. The summed E-state index contributed by atoms with van der Waals surface area (Å²) >= 11 is 0. The van der Waals surface area contributed by atoms with E-state index in [1.807, 2.05) is 42.5 Å². The Hall–Kier alpha value is -12.1. The fraction of sp³-hybridized carbons (Fsp3) is 0. The van der Waals surface area contributed by atoms with Gasteiger partial charge in [-0.15, -0.1) is 0 Å². The van der Waals surface area contributed by atoms with Crippen molar-refractivity contribution in [2.45, 2.75) is 0 Å². The summed E-state index contributed by atoms with van der Waals surface area (Å²) in [5.74, 6) is 0.275. The fourth-order valence-corrected chi connectivity index (χ4v) is 12.3. The number of hydrogen-bond acceptors (Lipinski definition) is 6. The maximum Gasteiger partial charge on any atom is 0.161 e. The minimum absolute atomic E-state index is 0.275. The first-order valence-electron chi connectivity index (χ1n) is 27.1. The van der Waals surface area contributed by atoms with Gasteiger partial charge in [0.05, 0.1) is 91.0 Å². The molecule has 0 bridgehead atoms. The first kappa shape index (κ1) is 48.0. The van der Waals surface area contributed by atoms with Crippen LogP contribution in [0.5, 0.6) is 0 Å². The molecule has 83 heavy (non-hydrogen) atoms. The van der Waals surface area contributed by atoms with Gasteiger partial charge in [-0.1, -0.05) is 140 Å². The highest BCUT2D eigenvalue weighted by atomic mass is 15.0. The lowest BCUT2D eigenvalue weighted by molar-refractivity contribution is 1.16. The summed E-state index contributed by atoms with van der Waals surface area (Å²) in [4.78, 5) is 9.76. The van der Waals surface area contributed by atoms with Crippen LogP contribution < -0.4 is 0 Å². The van der Waals surface area contributed by atoms with Crippen molar-refractivity contribution in [3.05, 3.63) is 271 Å². The molecule has 15 rings (SSSR count). The standard InChI is InChI=1S/C74H41N9/c75-42-49-13-1-3-15-57(49)66-41-65(79-74(80-66)58-16-4-2-14-50(58)43-76)51-37-52(44-77)73(53(38-51)45-78)48-27-25-46(26-28-48)47-29-31-54(32-30-47)81-71-35-33-55(82-67-21-9-5-17-59(67)60-18-6-10-22-68(60)82)39-63(71)64-40-56(34-36-72(64)81)83-69-23-11-7-19-61(69)62-20-8-12-24-70(62)83/h1-41H. The number of para-hydroxylation sites is 4. The Morgan fingerprint density at radius 3 is 1.11 bits per heavy atom. The van der Waals surface area contributed by atoms with Crippen molar-refractivity contribution < 1.29 is 0 Å². The second kappa shape index (κ2) is 19.3. The molecule has 0 unspecified atom stereocenters. The molecule has 4 aromatic heterocycles. The summed E-state index contributed by atoms with van der Waals surface area (Å²) in [6.45, 7) is 0. The highest BCUT2D eigenvalue weighted by Gasteiger charge is 2.22. The Balaban J connectivity index is 0.814. The van der Waals surface area contributed by atoms with Gasteiger partial charge < -0.3 is 13.7 Å². The highest BCUT2D eigenvalue weighted by Crippen LogP contribution is 2.41. The maximum atomic E-state index is 10.7. The quantitative estimate of drug-likeness (QED) is 0.149. The van der Waals surface area contributed by atoms with Gasteiger partial charge in [0.1, 0.15) is 0 Å². The third-order valence-corrected chi connectivity index (χ3v) is 16.1. The molecule has 15 aromatic rings. The number of benzene rings is 11. The van der Waals surface area contributed by atoms with Gasteiger partial charge in [-0.05, 0) is 126 Å². The summed E-state index contributed by atoms with van der Waals surface area (Å²) in [7, 11) is 0. The molecule has 0 atom stereocenters. The predicted octanol–water partition coefficient (Wildman–Crippen LogP) is 17.6. The largest absolute Gasteiger partial charge is 0.309 e. The van der Waals surface area contributed by atoms with Gasteiger partial charge in [-0.25, -0.2) is 9.97 Å². The Kier molecular flexibility index (Phi) is 11.2. The average molecular weight is 1060 g/mol. The summed E-state index contributed by atoms with van der Waals surface area (Å²) < 4.78 is 7.12. The summed E-state index contributed by atoms with van der Waals surface area (Å²) in [6, 6.07) is 93.4. The summed E-state index contributed by atoms with van der Waals surface area (Å²) in [5.41, 5.74) is 17.1. The first-order valence-corrected chi connectivity index (χ1v) is 27.1. The third-order valence-electron chi connectivity index (χ3n) is 16.1. The van der Waals surface area contributed by atoms with E-state index in [1.54, 1.807) is 48.5 Å². The van der Waals surface area contributed by atoms with Crippen LogP contribution in [0.2, 0.25) is 0 Å². The van der Waals surface area contributed by atoms with E-state index in [9.17, 15) is 21.0 Å². The van der Waals surface area contributed by atoms with E-state index in [1.165, 1.54) is 21.5 Å². The molecule has 11 aromatic carbocycles. The molecule has 4 heterocycles. The molecule has 9 heteroatoms. The van der Waals surface area contributed by atoms with E-state index >= 15 is 0 Å². The lowest BCUT2D eigenvalue weighted by atomic mass is 9.91. The van der Waals surface area contributed by atoms with Crippen LogP contribution >= 0.6 is 0 Å². The predicted molar refractivity (Wildman–Crippen MR) is 331 cm³/mol. The smallest absolute Gasteiger partial charge is 0.161 e. The van der Waals surface area contributed by atoms with E-state index in [2.05, 4.69) is 196 Å². The van der Waals surface area contributed by atoms with Gasteiger partial charge in [0, 0.05) is 71.6 Å². The second-order valence-corrected chi connectivity index (χ2v) is 20.5. The molecule has 0 aliphatic rings. The molecule has 382 valence electrons. The van der Waals surface area contributed by atoms with E-state index < -0.39 is 0 Å². The average Bonchev–Trinajstić information content (AvgIpc) is 4.27. The van der Waals surface area contributed by atoms with Crippen molar-refractivity contribution >= 4 is 65.4 Å². The lowest BCUT2D eigenvalue weighted by Gasteiger charge is -2.14. The molecule has 0 fully saturated rings. The molecule has 0 radical (unpaired) electrons. The van der Waals surface area contributed by atoms with E-state index in [0.29, 0.717) is 61.5 Å². The van der Waals surface area contributed by atoms with Crippen LogP contribution in [0, 0.1) is 45.3 Å². The molecular weight excluding hydrogens is 1010 g/mol. The molecule has 0 N–H and O–H groups in total. The minimum Gasteiger partial charge on any atom is -0.309 e. The number of hydrogen-bond donors (Lipinski definition) is 0. The Bertz CT molecular complexity index is 4990. The molecule has 0 amide bonds. The van der Waals surface area contributed by atoms with Crippen molar-refractivity contribution in [1.29, 1.82) is 21.0 Å². The second-order valence-electron chi connectivity index (χ2n) is 20.5. The third kappa shape index (κ3) is 7.74. The fourth-order valence-electron chi connectivity index (χ4n) is 12.3. The zero-order valence-corrected chi connectivity index (χ0v) is 44.2. The molecule has 0 aliphatic carbocycles. The first-order chi connectivity index (χ1) is 41.0. The molecule has 0 saturated carbocycles. The van der Waals surface area contributed by atoms with Crippen LogP contribution in [-0.4, -0.2) is 23.7 Å². The SMILES string of the molecule is N#Cc1ccccc1-c1cc(-c2cc(C#N)c(-c3ccc(-c4ccc(-n5c6ccc(-n7c8ccccc8c8ccccc87)cc6c6cc(-n7c8ccccc8c8ccccc87)ccc65)cc4)cc3)c(C#N)c2)nc(-c2ccccc2C#N)n1. The van der Waals surface area contributed by atoms with Crippen LogP contribution in [0.1, 0.15) is 22.3 Å². The maximum absolute atomic E-state index is 10.7. The summed E-state index contributed by atoms with van der Waals surface area (Å²) in [5, 5.41) is 48.7. The van der Waals surface area contributed by atoms with Crippen molar-refractivity contribution in [2.24, 2.45) is 0 Å². The normalized spacial score (nSPS) is 11.3. The molecule has 0 saturated heterocycles. The minimum atomic E-state index is 0.275. The number of fused-ring (bicyclic) bond motifs is 9. The van der Waals surface area contributed by atoms with Crippen molar-refractivity contribution in [1.82, 2.24) is 23.7 Å².